The van der Waals surface area contributed by atoms with Crippen molar-refractivity contribution >= 4 is 11.9 Å². The van der Waals surface area contributed by atoms with E-state index in [9.17, 15) is 14.7 Å². The lowest BCUT2D eigenvalue weighted by molar-refractivity contribution is -0.151. The summed E-state index contributed by atoms with van der Waals surface area (Å²) in [6, 6.07) is 18.1. The zero-order valence-electron chi connectivity index (χ0n) is 14.8. The van der Waals surface area contributed by atoms with Crippen LogP contribution in [0.25, 0.3) is 0 Å². The third kappa shape index (κ3) is 2.81. The fourth-order valence-electron chi connectivity index (χ4n) is 3.62. The Hall–Kier alpha value is -2.88. The quantitative estimate of drug-likeness (QED) is 0.677. The zero-order valence-corrected chi connectivity index (χ0v) is 14.8. The van der Waals surface area contributed by atoms with Crippen molar-refractivity contribution in [1.82, 2.24) is 4.90 Å². The number of rotatable bonds is 4. The molecule has 26 heavy (non-hydrogen) atoms. The van der Waals surface area contributed by atoms with Crippen LogP contribution in [0.2, 0.25) is 0 Å². The van der Waals surface area contributed by atoms with E-state index in [0.717, 1.165) is 5.56 Å². The summed E-state index contributed by atoms with van der Waals surface area (Å²) in [5, 5.41) is 11.5. The molecule has 0 radical (unpaired) electrons. The number of hydrogen-bond acceptors (Lipinski definition) is 5. The molecule has 0 spiro atoms. The predicted octanol–water partition coefficient (Wildman–Crippen LogP) is 2.46. The second kappa shape index (κ2) is 7.16. The Labute approximate surface area is 152 Å². The van der Waals surface area contributed by atoms with Gasteiger partial charge in [-0.25, -0.2) is 4.79 Å². The zero-order chi connectivity index (χ0) is 18.7. The van der Waals surface area contributed by atoms with Crippen LogP contribution >= 0.6 is 0 Å². The smallest absolute Gasteiger partial charge is 0.314 e. The highest BCUT2D eigenvalue weighted by atomic mass is 16.5. The molecule has 0 bridgehead atoms. The minimum atomic E-state index is -1.78. The molecule has 1 N–H and O–H groups in total. The fraction of sp³-hybridized carbons (Fsp3) is 0.286. The standard InChI is InChI=1S/C21H21NO4/c1-15(16-9-5-3-6-10-16)22-13-18(20(24)26-2)21(25,19(22)14-23)17-11-7-4-8-12-17/h3-12,15,18,25H,13H2,1-2H3/t15-,18-,21+/m1/s1. The number of ether oxygens (including phenoxy) is 1. The van der Waals surface area contributed by atoms with Gasteiger partial charge >= 0.3 is 5.97 Å². The van der Waals surface area contributed by atoms with Crippen molar-refractivity contribution in [2.24, 2.45) is 5.92 Å². The summed E-state index contributed by atoms with van der Waals surface area (Å²) in [5.41, 5.74) is -0.285. The van der Waals surface area contributed by atoms with Crippen LogP contribution in [0.1, 0.15) is 24.1 Å². The Morgan fingerprint density at radius 2 is 1.77 bits per heavy atom. The number of likely N-dealkylation sites (tertiary alicyclic amines) is 1. The predicted molar refractivity (Wildman–Crippen MR) is 96.6 cm³/mol. The van der Waals surface area contributed by atoms with Crippen LogP contribution in [0.15, 0.2) is 66.4 Å². The van der Waals surface area contributed by atoms with E-state index in [1.165, 1.54) is 7.11 Å². The number of benzene rings is 2. The highest BCUT2D eigenvalue weighted by Gasteiger charge is 2.56. The van der Waals surface area contributed by atoms with Gasteiger partial charge in [-0.2, -0.15) is 0 Å². The van der Waals surface area contributed by atoms with Gasteiger partial charge in [-0.05, 0) is 18.1 Å². The van der Waals surface area contributed by atoms with E-state index in [-0.39, 0.29) is 18.3 Å². The summed E-state index contributed by atoms with van der Waals surface area (Å²) in [4.78, 5) is 26.0. The molecule has 1 aliphatic rings. The maximum absolute atomic E-state index is 12.4. The Morgan fingerprint density at radius 1 is 1.19 bits per heavy atom. The number of carbonyl (C=O) groups is 1. The molecule has 134 valence electrons. The molecule has 1 heterocycles. The second-order valence-corrected chi connectivity index (χ2v) is 6.40. The summed E-state index contributed by atoms with van der Waals surface area (Å²) >= 11 is 0. The Bertz CT molecular complexity index is 830. The van der Waals surface area contributed by atoms with E-state index < -0.39 is 17.5 Å². The average molecular weight is 351 g/mol. The molecular formula is C21H21NO4. The van der Waals surface area contributed by atoms with Crippen LogP contribution in [0, 0.1) is 5.92 Å². The lowest BCUT2D eigenvalue weighted by atomic mass is 9.82. The Kier molecular flexibility index (Phi) is 4.94. The van der Waals surface area contributed by atoms with E-state index in [4.69, 9.17) is 4.74 Å². The third-order valence-electron chi connectivity index (χ3n) is 5.08. The number of aliphatic hydroxyl groups is 1. The first-order chi connectivity index (χ1) is 12.5. The molecule has 0 aromatic heterocycles. The van der Waals surface area contributed by atoms with Crippen molar-refractivity contribution in [3.05, 3.63) is 77.5 Å². The molecule has 2 aromatic carbocycles. The Balaban J connectivity index is 2.10. The number of carbonyl (C=O) groups excluding carboxylic acids is 2. The van der Waals surface area contributed by atoms with Gasteiger partial charge in [0, 0.05) is 6.54 Å². The molecule has 0 saturated carbocycles. The fourth-order valence-corrected chi connectivity index (χ4v) is 3.62. The lowest BCUT2D eigenvalue weighted by Gasteiger charge is -2.30. The molecular weight excluding hydrogens is 330 g/mol. The largest absolute Gasteiger partial charge is 0.469 e. The van der Waals surface area contributed by atoms with E-state index in [0.29, 0.717) is 5.56 Å². The minimum Gasteiger partial charge on any atom is -0.469 e. The van der Waals surface area contributed by atoms with Gasteiger partial charge in [-0.3, -0.25) is 4.79 Å². The molecule has 3 rings (SSSR count). The van der Waals surface area contributed by atoms with Crippen LogP contribution in [0.5, 0.6) is 0 Å². The SMILES string of the molecule is COC(=O)[C@H]1CN([C@H](C)c2ccccc2)C(=C=O)[C@]1(O)c1ccccc1. The number of nitrogens with zero attached hydrogens (tertiary/aromatic N) is 1. The first kappa shape index (κ1) is 17.9. The molecule has 3 atom stereocenters. The van der Waals surface area contributed by atoms with Crippen LogP contribution in [0.4, 0.5) is 0 Å². The van der Waals surface area contributed by atoms with E-state index in [1.54, 1.807) is 29.2 Å². The van der Waals surface area contributed by atoms with Crippen molar-refractivity contribution in [3.8, 4) is 0 Å². The van der Waals surface area contributed by atoms with Gasteiger partial charge in [-0.15, -0.1) is 0 Å². The summed E-state index contributed by atoms with van der Waals surface area (Å²) in [6.07, 6.45) is 0. The highest BCUT2D eigenvalue weighted by Crippen LogP contribution is 2.47. The monoisotopic (exact) mass is 351 g/mol. The minimum absolute atomic E-state index is 0.0513. The van der Waals surface area contributed by atoms with Crippen molar-refractivity contribution < 1.29 is 19.4 Å². The van der Waals surface area contributed by atoms with Gasteiger partial charge in [-0.1, -0.05) is 60.7 Å². The number of hydrogen-bond donors (Lipinski definition) is 1. The van der Waals surface area contributed by atoms with E-state index >= 15 is 0 Å². The highest BCUT2D eigenvalue weighted by molar-refractivity contribution is 5.78. The molecule has 1 aliphatic heterocycles. The summed E-state index contributed by atoms with van der Waals surface area (Å²) in [5.74, 6) is 0.415. The molecule has 0 amide bonds. The maximum Gasteiger partial charge on any atom is 0.314 e. The maximum atomic E-state index is 12.4. The molecule has 2 aromatic rings. The van der Waals surface area contributed by atoms with Crippen molar-refractivity contribution in [2.45, 2.75) is 18.6 Å². The molecule has 5 heteroatoms. The molecule has 1 saturated heterocycles. The van der Waals surface area contributed by atoms with Crippen LogP contribution in [-0.4, -0.2) is 35.6 Å². The lowest BCUT2D eigenvalue weighted by Crippen LogP contribution is -2.38. The topological polar surface area (TPSA) is 66.8 Å². The number of methoxy groups -OCH3 is 1. The normalized spacial score (nSPS) is 23.4. The second-order valence-electron chi connectivity index (χ2n) is 6.40. The average Bonchev–Trinajstić information content (AvgIpc) is 3.01. The van der Waals surface area contributed by atoms with Crippen LogP contribution in [-0.2, 0) is 19.9 Å². The van der Waals surface area contributed by atoms with E-state index in [2.05, 4.69) is 0 Å². The van der Waals surface area contributed by atoms with Crippen LogP contribution in [0.3, 0.4) is 0 Å². The van der Waals surface area contributed by atoms with Gasteiger partial charge in [0.2, 0.25) is 0 Å². The summed E-state index contributed by atoms with van der Waals surface area (Å²) in [6.45, 7) is 2.09. The van der Waals surface area contributed by atoms with E-state index in [1.807, 2.05) is 49.3 Å². The number of esters is 1. The van der Waals surface area contributed by atoms with Gasteiger partial charge in [0.1, 0.15) is 17.6 Å². The van der Waals surface area contributed by atoms with Crippen molar-refractivity contribution in [1.29, 1.82) is 0 Å². The molecule has 0 aliphatic carbocycles. The third-order valence-corrected chi connectivity index (χ3v) is 5.08. The molecule has 5 nitrogen and oxygen atoms in total. The van der Waals surface area contributed by atoms with Gasteiger partial charge in [0.15, 0.2) is 5.60 Å². The molecule has 0 unspecified atom stereocenters. The van der Waals surface area contributed by atoms with Crippen molar-refractivity contribution in [2.75, 3.05) is 13.7 Å². The molecule has 1 fully saturated rings. The van der Waals surface area contributed by atoms with Crippen molar-refractivity contribution in [3.63, 3.8) is 0 Å². The van der Waals surface area contributed by atoms with Gasteiger partial charge in [0.05, 0.1) is 13.2 Å². The van der Waals surface area contributed by atoms with Gasteiger partial charge < -0.3 is 14.7 Å². The van der Waals surface area contributed by atoms with Crippen LogP contribution < -0.4 is 0 Å². The van der Waals surface area contributed by atoms with Gasteiger partial charge in [0.25, 0.3) is 0 Å². The summed E-state index contributed by atoms with van der Waals surface area (Å²) < 4.78 is 4.91. The Morgan fingerprint density at radius 3 is 2.31 bits per heavy atom. The first-order valence-electron chi connectivity index (χ1n) is 8.47. The summed E-state index contributed by atoms with van der Waals surface area (Å²) in [7, 11) is 1.28. The first-order valence-corrected chi connectivity index (χ1v) is 8.47.